The molecule has 0 atom stereocenters. The van der Waals surface area contributed by atoms with Crippen LogP contribution in [0.1, 0.15) is 15.9 Å². The van der Waals surface area contributed by atoms with Crippen LogP contribution in [0.4, 0.5) is 16.2 Å². The Morgan fingerprint density at radius 2 is 1.83 bits per heavy atom. The summed E-state index contributed by atoms with van der Waals surface area (Å²) in [4.78, 5) is 24.1. The van der Waals surface area contributed by atoms with Crippen molar-refractivity contribution in [2.24, 2.45) is 5.73 Å². The molecule has 7 nitrogen and oxygen atoms in total. The normalized spacial score (nSPS) is 11.1. The number of amides is 2. The number of rotatable bonds is 8. The number of benzene rings is 2. The molecule has 0 bridgehead atoms. The van der Waals surface area contributed by atoms with E-state index in [9.17, 15) is 9.59 Å². The lowest BCUT2D eigenvalue weighted by Crippen LogP contribution is -2.24. The number of nitrogens with one attached hydrogen (secondary N) is 2. The highest BCUT2D eigenvalue weighted by Gasteiger charge is 2.08. The van der Waals surface area contributed by atoms with Crippen molar-refractivity contribution < 1.29 is 14.3 Å². The Balaban J connectivity index is 1.83. The summed E-state index contributed by atoms with van der Waals surface area (Å²) in [5.74, 6) is -0.268. The average Bonchev–Trinajstić information content (AvgIpc) is 2.74. The van der Waals surface area contributed by atoms with Crippen LogP contribution in [0.3, 0.4) is 0 Å². The van der Waals surface area contributed by atoms with E-state index in [1.807, 2.05) is 0 Å². The maximum Gasteiger partial charge on any atom is 0.407 e. The number of alkyl carbamates (subject to hydrolysis) is 1. The fourth-order valence-electron chi connectivity index (χ4n) is 2.30. The predicted molar refractivity (Wildman–Crippen MR) is 115 cm³/mol. The quantitative estimate of drug-likeness (QED) is 0.406. The molecule has 0 aliphatic carbocycles. The number of carbonyl (C=O) groups is 2. The maximum atomic E-state index is 12.3. The smallest absolute Gasteiger partial charge is 0.407 e. The molecule has 0 fully saturated rings. The topological polar surface area (TPSA) is 119 Å². The molecule has 0 saturated carbocycles. The summed E-state index contributed by atoms with van der Waals surface area (Å²) in [6, 6.07) is 13.9. The lowest BCUT2D eigenvalue weighted by molar-refractivity contribution is 0.102. The molecule has 0 aliphatic rings. The minimum atomic E-state index is -0.572. The van der Waals surface area contributed by atoms with Gasteiger partial charge in [0, 0.05) is 23.9 Å². The lowest BCUT2D eigenvalue weighted by atomic mass is 10.1. The number of carbonyl (C=O) groups excluding carboxylic acids is 2. The van der Waals surface area contributed by atoms with Gasteiger partial charge in [-0.2, -0.15) is 0 Å². The van der Waals surface area contributed by atoms with Crippen LogP contribution < -0.4 is 22.1 Å². The summed E-state index contributed by atoms with van der Waals surface area (Å²) in [7, 11) is 0. The number of nitrogen functional groups attached to an aromatic ring is 1. The van der Waals surface area contributed by atoms with Gasteiger partial charge in [0.2, 0.25) is 0 Å². The summed E-state index contributed by atoms with van der Waals surface area (Å²) in [6.45, 7) is 3.87. The van der Waals surface area contributed by atoms with Crippen LogP contribution in [-0.2, 0) is 11.3 Å². The van der Waals surface area contributed by atoms with E-state index < -0.39 is 6.09 Å². The Hall–Kier alpha value is -4.00. The number of hydrogen-bond donors (Lipinski definition) is 4. The Morgan fingerprint density at radius 1 is 1.10 bits per heavy atom. The third-order valence-corrected chi connectivity index (χ3v) is 3.89. The fraction of sp³-hybridized carbons (Fsp3) is 0.0909. The second kappa shape index (κ2) is 11.0. The number of anilines is 2. The highest BCUT2D eigenvalue weighted by atomic mass is 16.5. The summed E-state index contributed by atoms with van der Waals surface area (Å²) in [5.41, 5.74) is 14.3. The van der Waals surface area contributed by atoms with Gasteiger partial charge in [-0.05, 0) is 29.8 Å². The minimum Gasteiger partial charge on any atom is -0.445 e. The summed E-state index contributed by atoms with van der Waals surface area (Å²) >= 11 is 0. The third-order valence-electron chi connectivity index (χ3n) is 3.89. The summed E-state index contributed by atoms with van der Waals surface area (Å²) in [6.07, 6.45) is 5.79. The number of para-hydroxylation sites is 2. The van der Waals surface area contributed by atoms with Crippen molar-refractivity contribution in [2.75, 3.05) is 17.7 Å². The lowest BCUT2D eigenvalue weighted by Gasteiger charge is -2.09. The first kappa shape index (κ1) is 21.3. The van der Waals surface area contributed by atoms with Crippen molar-refractivity contribution in [3.63, 3.8) is 0 Å². The van der Waals surface area contributed by atoms with Crippen molar-refractivity contribution in [3.05, 3.63) is 96.2 Å². The largest absolute Gasteiger partial charge is 0.445 e. The van der Waals surface area contributed by atoms with Crippen LogP contribution in [0.5, 0.6) is 0 Å². The molecule has 0 aliphatic heterocycles. The minimum absolute atomic E-state index is 0.0500. The van der Waals surface area contributed by atoms with Gasteiger partial charge in [-0.25, -0.2) is 4.79 Å². The van der Waals surface area contributed by atoms with Gasteiger partial charge in [0.05, 0.1) is 11.4 Å². The van der Waals surface area contributed by atoms with E-state index in [1.54, 1.807) is 66.8 Å². The van der Waals surface area contributed by atoms with E-state index >= 15 is 0 Å². The summed E-state index contributed by atoms with van der Waals surface area (Å²) in [5, 5.41) is 5.40. The molecule has 2 rings (SSSR count). The van der Waals surface area contributed by atoms with E-state index in [-0.39, 0.29) is 19.1 Å². The van der Waals surface area contributed by atoms with Crippen LogP contribution in [0.2, 0.25) is 0 Å². The first-order valence-electron chi connectivity index (χ1n) is 8.88. The molecule has 0 unspecified atom stereocenters. The highest BCUT2D eigenvalue weighted by Crippen LogP contribution is 2.18. The number of allylic oxidation sites excluding steroid dienone is 2. The van der Waals surface area contributed by atoms with E-state index in [4.69, 9.17) is 16.2 Å². The first-order valence-corrected chi connectivity index (χ1v) is 8.88. The number of hydrogen-bond acceptors (Lipinski definition) is 5. The van der Waals surface area contributed by atoms with Gasteiger partial charge >= 0.3 is 6.09 Å². The van der Waals surface area contributed by atoms with E-state index in [0.29, 0.717) is 22.5 Å². The van der Waals surface area contributed by atoms with Gasteiger partial charge in [-0.3, -0.25) is 4.79 Å². The molecule has 0 aromatic heterocycles. The molecule has 0 radical (unpaired) electrons. The molecule has 2 amide bonds. The molecule has 0 heterocycles. The van der Waals surface area contributed by atoms with Crippen molar-refractivity contribution in [1.82, 2.24) is 5.32 Å². The van der Waals surface area contributed by atoms with Gasteiger partial charge < -0.3 is 26.8 Å². The first-order chi connectivity index (χ1) is 14.0. The average molecular weight is 392 g/mol. The standard InChI is InChI=1S/C22H24N4O3/c1-2-3-6-17(13-23)15-29-22(28)25-14-16-9-11-18(12-10-16)21(27)26-20-8-5-4-7-19(20)24/h2-13H,1,14-15,23-24H2,(H,25,28)(H,26,27)/b6-3-,17-13+. The Kier molecular flexibility index (Phi) is 8.07. The molecule has 2 aromatic carbocycles. The Bertz CT molecular complexity index is 918. The SMILES string of the molecule is C=C/C=C\C(=C/N)COC(=O)NCc1ccc(C(=O)Nc2ccccc2N)cc1. The van der Waals surface area contributed by atoms with Crippen LogP contribution >= 0.6 is 0 Å². The molecule has 2 aromatic rings. The molecular formula is C22H24N4O3. The fourth-order valence-corrected chi connectivity index (χ4v) is 2.30. The van der Waals surface area contributed by atoms with Crippen molar-refractivity contribution in [3.8, 4) is 0 Å². The second-order valence-corrected chi connectivity index (χ2v) is 6.00. The number of ether oxygens (including phenoxy) is 1. The third kappa shape index (κ3) is 6.91. The van der Waals surface area contributed by atoms with Crippen molar-refractivity contribution >= 4 is 23.4 Å². The molecule has 6 N–H and O–H groups in total. The monoisotopic (exact) mass is 392 g/mol. The van der Waals surface area contributed by atoms with Gasteiger partial charge in [0.1, 0.15) is 6.61 Å². The van der Waals surface area contributed by atoms with E-state index in [0.717, 1.165) is 5.56 Å². The zero-order valence-corrected chi connectivity index (χ0v) is 15.9. The van der Waals surface area contributed by atoms with Gasteiger partial charge in [-0.1, -0.05) is 49.1 Å². The number of nitrogens with two attached hydrogens (primary N) is 2. The van der Waals surface area contributed by atoms with Crippen LogP contribution in [0.25, 0.3) is 0 Å². The zero-order chi connectivity index (χ0) is 21.1. The molecular weight excluding hydrogens is 368 g/mol. The summed E-state index contributed by atoms with van der Waals surface area (Å²) < 4.78 is 5.09. The predicted octanol–water partition coefficient (Wildman–Crippen LogP) is 3.33. The van der Waals surface area contributed by atoms with E-state index in [2.05, 4.69) is 17.2 Å². The van der Waals surface area contributed by atoms with E-state index in [1.165, 1.54) is 6.20 Å². The zero-order valence-electron chi connectivity index (χ0n) is 15.9. The van der Waals surface area contributed by atoms with Gasteiger partial charge in [-0.15, -0.1) is 0 Å². The van der Waals surface area contributed by atoms with Crippen molar-refractivity contribution in [1.29, 1.82) is 0 Å². The Labute approximate surface area is 169 Å². The molecule has 0 saturated heterocycles. The van der Waals surface area contributed by atoms with Crippen LogP contribution in [0.15, 0.2) is 85.1 Å². The molecule has 150 valence electrons. The van der Waals surface area contributed by atoms with Gasteiger partial charge in [0.15, 0.2) is 0 Å². The molecule has 0 spiro atoms. The Morgan fingerprint density at radius 3 is 2.48 bits per heavy atom. The molecule has 7 heteroatoms. The van der Waals surface area contributed by atoms with Gasteiger partial charge in [0.25, 0.3) is 5.91 Å². The van der Waals surface area contributed by atoms with Crippen molar-refractivity contribution in [2.45, 2.75) is 6.54 Å². The maximum absolute atomic E-state index is 12.3. The van der Waals surface area contributed by atoms with Crippen LogP contribution in [-0.4, -0.2) is 18.6 Å². The highest BCUT2D eigenvalue weighted by molar-refractivity contribution is 6.05. The van der Waals surface area contributed by atoms with Crippen LogP contribution in [0, 0.1) is 0 Å². The molecule has 29 heavy (non-hydrogen) atoms. The second-order valence-electron chi connectivity index (χ2n) is 6.00.